The first kappa shape index (κ1) is 8.65. The van der Waals surface area contributed by atoms with Gasteiger partial charge in [0.05, 0.1) is 5.69 Å². The van der Waals surface area contributed by atoms with E-state index < -0.39 is 0 Å². The normalized spacial score (nSPS) is 11.3. The number of carbonyl (C=O) groups excluding carboxylic acids is 1. The minimum Gasteiger partial charge on any atom is -0.298 e. The molecule has 1 heterocycles. The summed E-state index contributed by atoms with van der Waals surface area (Å²) in [6, 6.07) is 3.86. The molecule has 0 bridgehead atoms. The zero-order chi connectivity index (χ0) is 8.97. The van der Waals surface area contributed by atoms with Crippen molar-refractivity contribution in [2.24, 2.45) is 0 Å². The van der Waals surface area contributed by atoms with E-state index in [9.17, 15) is 4.79 Å². The van der Waals surface area contributed by atoms with Gasteiger partial charge < -0.3 is 0 Å². The molecule has 0 unspecified atom stereocenters. The van der Waals surface area contributed by atoms with Crippen molar-refractivity contribution in [3.63, 3.8) is 0 Å². The van der Waals surface area contributed by atoms with Gasteiger partial charge in [0, 0.05) is 6.20 Å². The molecule has 0 aliphatic carbocycles. The summed E-state index contributed by atoms with van der Waals surface area (Å²) in [5.74, 6) is 0. The number of hydrogen-bond acceptors (Lipinski definition) is 2. The van der Waals surface area contributed by atoms with Gasteiger partial charge in [-0.1, -0.05) is 0 Å². The molecule has 0 aliphatic heterocycles. The van der Waals surface area contributed by atoms with Crippen LogP contribution < -0.4 is 0 Å². The molecule has 0 N–H and O–H groups in total. The molecule has 0 saturated carbocycles. The second-order valence-electron chi connectivity index (χ2n) is 2.76. The third-order valence-electron chi connectivity index (χ3n) is 1.50. The predicted octanol–water partition coefficient (Wildman–Crippen LogP) is 1.99. The Morgan fingerprint density at radius 1 is 1.58 bits per heavy atom. The van der Waals surface area contributed by atoms with Crippen LogP contribution in [0.3, 0.4) is 0 Å². The molecule has 1 rings (SSSR count). The molecule has 0 radical (unpaired) electrons. The molecule has 0 saturated heterocycles. The second-order valence-corrected chi connectivity index (χ2v) is 2.76. The van der Waals surface area contributed by atoms with Gasteiger partial charge in [0.1, 0.15) is 6.29 Å². The molecular formula is C10H11NO. The summed E-state index contributed by atoms with van der Waals surface area (Å²) >= 11 is 0. The zero-order valence-corrected chi connectivity index (χ0v) is 7.24. The second kappa shape index (κ2) is 3.81. The van der Waals surface area contributed by atoms with E-state index in [1.165, 1.54) is 0 Å². The number of hydrogen-bond donors (Lipinski definition) is 0. The standard InChI is InChI=1S/C10H11NO/c1-8-3-4-11-10(5-8)6-9(2)7-12/h3-7H,1-2H3/b9-6+. The van der Waals surface area contributed by atoms with Crippen LogP contribution >= 0.6 is 0 Å². The molecule has 0 amide bonds. The van der Waals surface area contributed by atoms with Crippen LogP contribution in [0.1, 0.15) is 18.2 Å². The van der Waals surface area contributed by atoms with Crippen molar-refractivity contribution in [3.05, 3.63) is 35.2 Å². The molecule has 0 fully saturated rings. The predicted molar refractivity (Wildman–Crippen MR) is 48.7 cm³/mol. The van der Waals surface area contributed by atoms with Crippen LogP contribution in [-0.4, -0.2) is 11.3 Å². The van der Waals surface area contributed by atoms with Gasteiger partial charge >= 0.3 is 0 Å². The van der Waals surface area contributed by atoms with E-state index in [1.807, 2.05) is 19.1 Å². The Kier molecular flexibility index (Phi) is 2.75. The fraction of sp³-hybridized carbons (Fsp3) is 0.200. The van der Waals surface area contributed by atoms with E-state index >= 15 is 0 Å². The molecule has 2 heteroatoms. The number of rotatable bonds is 2. The topological polar surface area (TPSA) is 30.0 Å². The van der Waals surface area contributed by atoms with Gasteiger partial charge in [-0.3, -0.25) is 9.78 Å². The van der Waals surface area contributed by atoms with E-state index in [4.69, 9.17) is 0 Å². The highest BCUT2D eigenvalue weighted by Gasteiger charge is 1.90. The van der Waals surface area contributed by atoms with Crippen molar-refractivity contribution < 1.29 is 4.79 Å². The van der Waals surface area contributed by atoms with E-state index in [0.717, 1.165) is 17.5 Å². The van der Waals surface area contributed by atoms with E-state index in [2.05, 4.69) is 4.98 Å². The Morgan fingerprint density at radius 2 is 2.33 bits per heavy atom. The monoisotopic (exact) mass is 161 g/mol. The number of aldehydes is 1. The molecule has 0 spiro atoms. The third kappa shape index (κ3) is 2.31. The quantitative estimate of drug-likeness (QED) is 0.490. The van der Waals surface area contributed by atoms with Crippen molar-refractivity contribution in [1.82, 2.24) is 4.98 Å². The Morgan fingerprint density at radius 3 is 2.92 bits per heavy atom. The summed E-state index contributed by atoms with van der Waals surface area (Å²) in [7, 11) is 0. The maximum atomic E-state index is 10.3. The highest BCUT2D eigenvalue weighted by atomic mass is 16.1. The Hall–Kier alpha value is -1.44. The smallest absolute Gasteiger partial charge is 0.145 e. The van der Waals surface area contributed by atoms with Gasteiger partial charge in [-0.15, -0.1) is 0 Å². The SMILES string of the molecule is C/C(C=O)=C\c1cc(C)ccn1. The van der Waals surface area contributed by atoms with E-state index in [1.54, 1.807) is 19.2 Å². The summed E-state index contributed by atoms with van der Waals surface area (Å²) in [6.07, 6.45) is 4.32. The van der Waals surface area contributed by atoms with Crippen molar-refractivity contribution >= 4 is 12.4 Å². The summed E-state index contributed by atoms with van der Waals surface area (Å²) < 4.78 is 0. The lowest BCUT2D eigenvalue weighted by molar-refractivity contribution is -0.104. The lowest BCUT2D eigenvalue weighted by atomic mass is 10.2. The summed E-state index contributed by atoms with van der Waals surface area (Å²) in [4.78, 5) is 14.4. The Balaban J connectivity index is 2.97. The first-order valence-corrected chi connectivity index (χ1v) is 3.78. The van der Waals surface area contributed by atoms with E-state index in [-0.39, 0.29) is 0 Å². The van der Waals surface area contributed by atoms with Crippen molar-refractivity contribution in [2.45, 2.75) is 13.8 Å². The molecule has 0 aromatic carbocycles. The lowest BCUT2D eigenvalue weighted by Crippen LogP contribution is -1.83. The lowest BCUT2D eigenvalue weighted by Gasteiger charge is -1.94. The van der Waals surface area contributed by atoms with Crippen LogP contribution in [0.2, 0.25) is 0 Å². The van der Waals surface area contributed by atoms with Gasteiger partial charge in [0.25, 0.3) is 0 Å². The van der Waals surface area contributed by atoms with Gasteiger partial charge in [-0.2, -0.15) is 0 Å². The molecule has 0 atom stereocenters. The van der Waals surface area contributed by atoms with Gasteiger partial charge in [-0.25, -0.2) is 0 Å². The first-order valence-electron chi connectivity index (χ1n) is 3.78. The zero-order valence-electron chi connectivity index (χ0n) is 7.24. The van der Waals surface area contributed by atoms with Crippen molar-refractivity contribution in [1.29, 1.82) is 0 Å². The highest BCUT2D eigenvalue weighted by molar-refractivity contribution is 5.80. The minimum absolute atomic E-state index is 0.688. The van der Waals surface area contributed by atoms with Crippen LogP contribution in [0, 0.1) is 6.92 Å². The van der Waals surface area contributed by atoms with Gasteiger partial charge in [0.15, 0.2) is 0 Å². The Bertz CT molecular complexity index is 315. The summed E-state index contributed by atoms with van der Waals surface area (Å²) in [5, 5.41) is 0. The fourth-order valence-electron chi connectivity index (χ4n) is 0.906. The molecule has 0 aliphatic rings. The van der Waals surface area contributed by atoms with Crippen LogP contribution in [0.25, 0.3) is 6.08 Å². The van der Waals surface area contributed by atoms with Crippen LogP contribution in [0.4, 0.5) is 0 Å². The molecule has 1 aromatic rings. The van der Waals surface area contributed by atoms with Crippen LogP contribution in [0.5, 0.6) is 0 Å². The van der Waals surface area contributed by atoms with Gasteiger partial charge in [0.2, 0.25) is 0 Å². The maximum absolute atomic E-state index is 10.3. The molecule has 62 valence electrons. The maximum Gasteiger partial charge on any atom is 0.145 e. The fourth-order valence-corrected chi connectivity index (χ4v) is 0.906. The number of aromatic nitrogens is 1. The van der Waals surface area contributed by atoms with Crippen molar-refractivity contribution in [3.8, 4) is 0 Å². The average Bonchev–Trinajstić information content (AvgIpc) is 2.04. The number of allylic oxidation sites excluding steroid dienone is 1. The summed E-state index contributed by atoms with van der Waals surface area (Å²) in [6.45, 7) is 3.76. The molecule has 2 nitrogen and oxygen atoms in total. The summed E-state index contributed by atoms with van der Waals surface area (Å²) in [5.41, 5.74) is 2.67. The van der Waals surface area contributed by atoms with Crippen molar-refractivity contribution in [2.75, 3.05) is 0 Å². The number of nitrogens with zero attached hydrogens (tertiary/aromatic N) is 1. The largest absolute Gasteiger partial charge is 0.298 e. The Labute approximate surface area is 71.9 Å². The average molecular weight is 161 g/mol. The number of aryl methyl sites for hydroxylation is 1. The highest BCUT2D eigenvalue weighted by Crippen LogP contribution is 2.04. The van der Waals surface area contributed by atoms with Crippen LogP contribution in [-0.2, 0) is 4.79 Å². The minimum atomic E-state index is 0.688. The van der Waals surface area contributed by atoms with Gasteiger partial charge in [-0.05, 0) is 43.2 Å². The first-order chi connectivity index (χ1) is 5.72. The van der Waals surface area contributed by atoms with Crippen LogP contribution in [0.15, 0.2) is 23.9 Å². The molecule has 1 aromatic heterocycles. The van der Waals surface area contributed by atoms with E-state index in [0.29, 0.717) is 5.57 Å². The number of pyridine rings is 1. The molecule has 12 heavy (non-hydrogen) atoms. The molecular weight excluding hydrogens is 150 g/mol. The number of carbonyl (C=O) groups is 1. The third-order valence-corrected chi connectivity index (χ3v) is 1.50.